The van der Waals surface area contributed by atoms with Gasteiger partial charge in [-0.3, -0.25) is 4.79 Å². The van der Waals surface area contributed by atoms with Crippen LogP contribution in [0.2, 0.25) is 0 Å². The molecule has 1 aromatic rings. The van der Waals surface area contributed by atoms with Crippen LogP contribution >= 0.6 is 0 Å². The second-order valence-electron chi connectivity index (χ2n) is 5.14. The molecule has 0 radical (unpaired) electrons. The van der Waals surface area contributed by atoms with Crippen molar-refractivity contribution in [2.45, 2.75) is 44.6 Å². The molecule has 19 heavy (non-hydrogen) atoms. The number of aliphatic carboxylic acids is 1. The smallest absolute Gasteiger partial charge is 0.329 e. The molecule has 1 amide bonds. The number of aryl methyl sites for hydroxylation is 1. The van der Waals surface area contributed by atoms with Crippen molar-refractivity contribution in [3.05, 3.63) is 35.4 Å². The zero-order chi connectivity index (χ0) is 13.9. The van der Waals surface area contributed by atoms with Gasteiger partial charge < -0.3 is 10.4 Å². The molecule has 0 bridgehead atoms. The van der Waals surface area contributed by atoms with Gasteiger partial charge in [0.2, 0.25) is 0 Å². The summed E-state index contributed by atoms with van der Waals surface area (Å²) < 4.78 is 0. The van der Waals surface area contributed by atoms with Crippen LogP contribution in [-0.4, -0.2) is 22.5 Å². The van der Waals surface area contributed by atoms with Gasteiger partial charge in [0, 0.05) is 5.56 Å². The van der Waals surface area contributed by atoms with Crippen LogP contribution in [0.3, 0.4) is 0 Å². The lowest BCUT2D eigenvalue weighted by Gasteiger charge is -2.38. The van der Waals surface area contributed by atoms with Crippen molar-refractivity contribution in [2.24, 2.45) is 0 Å². The monoisotopic (exact) mass is 261 g/mol. The summed E-state index contributed by atoms with van der Waals surface area (Å²) in [6.07, 6.45) is 3.93. The van der Waals surface area contributed by atoms with Gasteiger partial charge in [0.05, 0.1) is 0 Å². The summed E-state index contributed by atoms with van der Waals surface area (Å²) in [4.78, 5) is 23.2. The molecule has 0 aliphatic heterocycles. The molecule has 4 nitrogen and oxygen atoms in total. The van der Waals surface area contributed by atoms with Gasteiger partial charge in [0.1, 0.15) is 5.54 Å². The Morgan fingerprint density at radius 3 is 2.32 bits per heavy atom. The van der Waals surface area contributed by atoms with Gasteiger partial charge in [0.15, 0.2) is 0 Å². The Balaban J connectivity index is 2.05. The summed E-state index contributed by atoms with van der Waals surface area (Å²) in [6, 6.07) is 7.36. The third kappa shape index (κ3) is 2.78. The topological polar surface area (TPSA) is 66.4 Å². The summed E-state index contributed by atoms with van der Waals surface area (Å²) >= 11 is 0. The number of carbonyl (C=O) groups is 2. The summed E-state index contributed by atoms with van der Waals surface area (Å²) in [5, 5.41) is 11.8. The van der Waals surface area contributed by atoms with Gasteiger partial charge in [-0.2, -0.15) is 0 Å². The van der Waals surface area contributed by atoms with E-state index < -0.39 is 11.5 Å². The Bertz CT molecular complexity index is 475. The molecule has 0 aromatic heterocycles. The first-order valence-corrected chi connectivity index (χ1v) is 6.72. The zero-order valence-corrected chi connectivity index (χ0v) is 11.1. The number of benzene rings is 1. The van der Waals surface area contributed by atoms with Crippen LogP contribution in [0.5, 0.6) is 0 Å². The van der Waals surface area contributed by atoms with E-state index in [1.165, 1.54) is 5.56 Å². The van der Waals surface area contributed by atoms with Crippen molar-refractivity contribution in [3.63, 3.8) is 0 Å². The number of nitrogens with one attached hydrogen (secondary N) is 1. The SMILES string of the molecule is CCCc1ccc(C(=O)NC2(C(=O)O)CCC2)cc1. The second-order valence-corrected chi connectivity index (χ2v) is 5.14. The first-order chi connectivity index (χ1) is 9.07. The number of carboxylic acids is 1. The van der Waals surface area contributed by atoms with E-state index in [9.17, 15) is 14.7 Å². The van der Waals surface area contributed by atoms with Gasteiger partial charge in [-0.25, -0.2) is 4.79 Å². The van der Waals surface area contributed by atoms with E-state index in [0.29, 0.717) is 18.4 Å². The molecule has 1 aliphatic rings. The molecule has 2 N–H and O–H groups in total. The fraction of sp³-hybridized carbons (Fsp3) is 0.467. The molecule has 1 aliphatic carbocycles. The summed E-state index contributed by atoms with van der Waals surface area (Å²) in [5.41, 5.74) is 0.669. The average molecular weight is 261 g/mol. The van der Waals surface area contributed by atoms with Gasteiger partial charge in [0.25, 0.3) is 5.91 Å². The first kappa shape index (κ1) is 13.6. The summed E-state index contributed by atoms with van der Waals surface area (Å²) in [7, 11) is 0. The van der Waals surface area contributed by atoms with Gasteiger partial charge >= 0.3 is 5.97 Å². The number of hydrogen-bond acceptors (Lipinski definition) is 2. The minimum Gasteiger partial charge on any atom is -0.480 e. The quantitative estimate of drug-likeness (QED) is 0.855. The van der Waals surface area contributed by atoms with Crippen molar-refractivity contribution in [1.82, 2.24) is 5.32 Å². The first-order valence-electron chi connectivity index (χ1n) is 6.72. The Hall–Kier alpha value is -1.84. The fourth-order valence-corrected chi connectivity index (χ4v) is 2.32. The maximum absolute atomic E-state index is 12.1. The predicted octanol–water partition coefficient (Wildman–Crippen LogP) is 2.38. The van der Waals surface area contributed by atoms with E-state index >= 15 is 0 Å². The van der Waals surface area contributed by atoms with Crippen LogP contribution in [0.15, 0.2) is 24.3 Å². The third-order valence-corrected chi connectivity index (χ3v) is 3.72. The summed E-state index contributed by atoms with van der Waals surface area (Å²) in [6.45, 7) is 2.10. The second kappa shape index (κ2) is 5.43. The Kier molecular flexibility index (Phi) is 3.88. The van der Waals surface area contributed by atoms with Gasteiger partial charge in [-0.1, -0.05) is 25.5 Å². The minimum atomic E-state index is -1.04. The lowest BCUT2D eigenvalue weighted by atomic mass is 9.76. The Morgan fingerprint density at radius 1 is 1.26 bits per heavy atom. The number of carbonyl (C=O) groups excluding carboxylic acids is 1. The predicted molar refractivity (Wildman–Crippen MR) is 72.1 cm³/mol. The molecule has 1 saturated carbocycles. The molecule has 0 unspecified atom stereocenters. The van der Waals surface area contributed by atoms with Crippen molar-refractivity contribution in [2.75, 3.05) is 0 Å². The molecule has 0 saturated heterocycles. The molecule has 0 atom stereocenters. The highest BCUT2D eigenvalue weighted by Crippen LogP contribution is 2.32. The maximum atomic E-state index is 12.1. The largest absolute Gasteiger partial charge is 0.480 e. The van der Waals surface area contributed by atoms with Crippen LogP contribution in [0.4, 0.5) is 0 Å². The average Bonchev–Trinajstić information content (AvgIpc) is 2.34. The summed E-state index contributed by atoms with van der Waals surface area (Å²) in [5.74, 6) is -1.24. The Labute approximate surface area is 112 Å². The van der Waals surface area contributed by atoms with Crippen LogP contribution in [-0.2, 0) is 11.2 Å². The standard InChI is InChI=1S/C15H19NO3/c1-2-4-11-5-7-12(8-6-11)13(17)16-15(14(18)19)9-3-10-15/h5-8H,2-4,9-10H2,1H3,(H,16,17)(H,18,19). The Morgan fingerprint density at radius 2 is 1.89 bits per heavy atom. The van der Waals surface area contributed by atoms with Gasteiger partial charge in [-0.15, -0.1) is 0 Å². The zero-order valence-electron chi connectivity index (χ0n) is 11.1. The lowest BCUT2D eigenvalue weighted by molar-refractivity contribution is -0.148. The third-order valence-electron chi connectivity index (χ3n) is 3.72. The van der Waals surface area contributed by atoms with E-state index in [-0.39, 0.29) is 5.91 Å². The van der Waals surface area contributed by atoms with E-state index in [1.54, 1.807) is 12.1 Å². The van der Waals surface area contributed by atoms with E-state index in [0.717, 1.165) is 19.3 Å². The van der Waals surface area contributed by atoms with Crippen molar-refractivity contribution >= 4 is 11.9 Å². The van der Waals surface area contributed by atoms with Crippen molar-refractivity contribution < 1.29 is 14.7 Å². The van der Waals surface area contributed by atoms with Crippen molar-refractivity contribution in [1.29, 1.82) is 0 Å². The molecule has 102 valence electrons. The van der Waals surface area contributed by atoms with E-state index in [1.807, 2.05) is 12.1 Å². The van der Waals surface area contributed by atoms with Gasteiger partial charge in [-0.05, 0) is 43.4 Å². The number of rotatable bonds is 5. The molecule has 0 heterocycles. The van der Waals surface area contributed by atoms with E-state index in [2.05, 4.69) is 12.2 Å². The normalized spacial score (nSPS) is 16.5. The van der Waals surface area contributed by atoms with Crippen molar-refractivity contribution in [3.8, 4) is 0 Å². The fourth-order valence-electron chi connectivity index (χ4n) is 2.32. The van der Waals surface area contributed by atoms with Crippen LogP contribution in [0.25, 0.3) is 0 Å². The van der Waals surface area contributed by atoms with E-state index in [4.69, 9.17) is 0 Å². The molecule has 1 aromatic carbocycles. The molecule has 2 rings (SSSR count). The lowest BCUT2D eigenvalue weighted by Crippen LogP contribution is -2.59. The number of hydrogen-bond donors (Lipinski definition) is 2. The molecular weight excluding hydrogens is 242 g/mol. The highest BCUT2D eigenvalue weighted by molar-refractivity contribution is 5.98. The molecule has 4 heteroatoms. The highest BCUT2D eigenvalue weighted by Gasteiger charge is 2.45. The van der Waals surface area contributed by atoms with Crippen LogP contribution in [0.1, 0.15) is 48.5 Å². The molecule has 1 fully saturated rings. The van der Waals surface area contributed by atoms with Crippen LogP contribution < -0.4 is 5.32 Å². The number of carboxylic acid groups (broad SMARTS) is 1. The minimum absolute atomic E-state index is 0.301. The number of amides is 1. The molecule has 0 spiro atoms. The maximum Gasteiger partial charge on any atom is 0.329 e. The molecular formula is C15H19NO3. The highest BCUT2D eigenvalue weighted by atomic mass is 16.4. The van der Waals surface area contributed by atoms with Crippen LogP contribution in [0, 0.1) is 0 Å².